The number of ether oxygens (including phenoxy) is 2. The maximum absolute atomic E-state index is 13.1. The maximum Gasteiger partial charge on any atom is 0.308 e. The molecule has 0 saturated heterocycles. The van der Waals surface area contributed by atoms with Crippen LogP contribution in [-0.2, 0) is 14.4 Å². The Morgan fingerprint density at radius 1 is 1.30 bits per heavy atom. The first-order valence-corrected chi connectivity index (χ1v) is 10.6. The van der Waals surface area contributed by atoms with Gasteiger partial charge in [0.05, 0.1) is 29.5 Å². The van der Waals surface area contributed by atoms with E-state index in [1.54, 1.807) is 18.2 Å². The lowest BCUT2D eigenvalue weighted by Gasteiger charge is -2.22. The van der Waals surface area contributed by atoms with Gasteiger partial charge in [-0.25, -0.2) is 4.98 Å². The first kappa shape index (κ1) is 22.0. The van der Waals surface area contributed by atoms with Gasteiger partial charge in [0, 0.05) is 12.0 Å². The topological polar surface area (TPSA) is 143 Å². The van der Waals surface area contributed by atoms with Gasteiger partial charge < -0.3 is 19.4 Å². The van der Waals surface area contributed by atoms with Gasteiger partial charge in [-0.1, -0.05) is 28.6 Å². The van der Waals surface area contributed by atoms with Crippen LogP contribution in [0.2, 0.25) is 0 Å². The predicted molar refractivity (Wildman–Crippen MR) is 120 cm³/mol. The van der Waals surface area contributed by atoms with Gasteiger partial charge >= 0.3 is 5.97 Å². The number of aliphatic carboxylic acids is 1. The molecular formula is C22H18N4O6S. The summed E-state index contributed by atoms with van der Waals surface area (Å²) >= 11 is 1.28. The molecule has 1 amide bonds. The number of fused-ring (bicyclic) bond motifs is 1. The van der Waals surface area contributed by atoms with Crippen LogP contribution >= 0.6 is 11.3 Å². The molecule has 11 heteroatoms. The molecule has 0 fully saturated rings. The molecule has 10 nitrogen and oxygen atoms in total. The van der Waals surface area contributed by atoms with E-state index in [0.29, 0.717) is 27.9 Å². The minimum absolute atomic E-state index is 0.0718. The van der Waals surface area contributed by atoms with Crippen molar-refractivity contribution in [3.8, 4) is 17.6 Å². The van der Waals surface area contributed by atoms with Crippen molar-refractivity contribution in [2.75, 3.05) is 19.0 Å². The second kappa shape index (κ2) is 9.13. The molecule has 0 aliphatic carbocycles. The van der Waals surface area contributed by atoms with E-state index in [4.69, 9.17) is 19.6 Å². The molecule has 0 radical (unpaired) electrons. The van der Waals surface area contributed by atoms with Crippen molar-refractivity contribution in [2.24, 2.45) is 5.16 Å². The second-order valence-corrected chi connectivity index (χ2v) is 8.15. The Kier molecular flexibility index (Phi) is 6.10. The molecule has 0 bridgehead atoms. The number of nitriles is 1. The molecule has 1 aliphatic rings. The lowest BCUT2D eigenvalue weighted by atomic mass is 9.90. The molecule has 0 saturated carbocycles. The fraction of sp³-hybridized carbons (Fsp3) is 0.227. The number of thiazole rings is 1. The summed E-state index contributed by atoms with van der Waals surface area (Å²) in [5.41, 5.74) is -0.0698. The molecule has 168 valence electrons. The van der Waals surface area contributed by atoms with Gasteiger partial charge in [-0.2, -0.15) is 5.26 Å². The number of oxime groups is 1. The van der Waals surface area contributed by atoms with Gasteiger partial charge in [-0.3, -0.25) is 14.9 Å². The smallest absolute Gasteiger partial charge is 0.308 e. The first-order valence-electron chi connectivity index (χ1n) is 9.76. The Morgan fingerprint density at radius 2 is 2.12 bits per heavy atom. The quantitative estimate of drug-likeness (QED) is 0.515. The number of aromatic nitrogens is 1. The monoisotopic (exact) mass is 466 g/mol. The summed E-state index contributed by atoms with van der Waals surface area (Å²) in [4.78, 5) is 34.5. The number of hydrogen-bond donors (Lipinski definition) is 2. The molecule has 2 N–H and O–H groups in total. The van der Waals surface area contributed by atoms with Crippen LogP contribution in [0.3, 0.4) is 0 Å². The van der Waals surface area contributed by atoms with Crippen LogP contribution in [0.15, 0.2) is 47.6 Å². The summed E-state index contributed by atoms with van der Waals surface area (Å²) < 4.78 is 11.5. The Bertz CT molecular complexity index is 1260. The highest BCUT2D eigenvalue weighted by atomic mass is 32.1. The van der Waals surface area contributed by atoms with E-state index >= 15 is 0 Å². The highest BCUT2D eigenvalue weighted by Crippen LogP contribution is 2.35. The van der Waals surface area contributed by atoms with Gasteiger partial charge in [0.15, 0.2) is 23.2 Å². The zero-order chi connectivity index (χ0) is 23.4. The highest BCUT2D eigenvalue weighted by molar-refractivity contribution is 7.22. The van der Waals surface area contributed by atoms with Gasteiger partial charge in [0.25, 0.3) is 5.91 Å². The molecule has 1 aliphatic heterocycles. The third-order valence-electron chi connectivity index (χ3n) is 4.94. The average molecular weight is 466 g/mol. The van der Waals surface area contributed by atoms with E-state index in [1.807, 2.05) is 30.3 Å². The molecule has 3 aromatic rings. The van der Waals surface area contributed by atoms with Crippen LogP contribution in [0.1, 0.15) is 18.4 Å². The van der Waals surface area contributed by atoms with Crippen molar-refractivity contribution >= 4 is 44.3 Å². The lowest BCUT2D eigenvalue weighted by molar-refractivity contribution is -0.152. The van der Waals surface area contributed by atoms with Gasteiger partial charge in [-0.05, 0) is 30.3 Å². The van der Waals surface area contributed by atoms with Crippen LogP contribution in [-0.4, -0.2) is 47.0 Å². The molecule has 1 atom stereocenters. The fourth-order valence-corrected chi connectivity index (χ4v) is 4.25. The standard InChI is InChI=1S/C22H18N4O6S/c1-30-17-10-13(6-7-16(17)31-9-8-23)15-11-22(32-26-15,12-19(27)28)20(29)25-21-24-14-4-2-3-5-18(14)33-21/h2-7,10H,9,11-12H2,1H3,(H,27,28)(H,24,25,29). The number of benzene rings is 2. The number of para-hydroxylation sites is 1. The van der Waals surface area contributed by atoms with Crippen molar-refractivity contribution in [3.63, 3.8) is 0 Å². The molecule has 2 heterocycles. The van der Waals surface area contributed by atoms with Crippen molar-refractivity contribution in [1.82, 2.24) is 4.98 Å². The molecule has 2 aromatic carbocycles. The number of amides is 1. The van der Waals surface area contributed by atoms with E-state index in [2.05, 4.69) is 15.5 Å². The molecular weight excluding hydrogens is 448 g/mol. The van der Waals surface area contributed by atoms with Gasteiger partial charge in [0.1, 0.15) is 6.07 Å². The summed E-state index contributed by atoms with van der Waals surface area (Å²) in [6.45, 7) is -0.145. The van der Waals surface area contributed by atoms with Crippen LogP contribution < -0.4 is 14.8 Å². The minimum Gasteiger partial charge on any atom is -0.493 e. The number of carboxylic acid groups (broad SMARTS) is 1. The number of carbonyl (C=O) groups is 2. The predicted octanol–water partition coefficient (Wildman–Crippen LogP) is 3.18. The Labute approximate surface area is 192 Å². The summed E-state index contributed by atoms with van der Waals surface area (Å²) in [5.74, 6) is -1.12. The van der Waals surface area contributed by atoms with E-state index in [0.717, 1.165) is 10.2 Å². The van der Waals surface area contributed by atoms with E-state index in [1.165, 1.54) is 18.4 Å². The molecule has 33 heavy (non-hydrogen) atoms. The van der Waals surface area contributed by atoms with E-state index < -0.39 is 23.9 Å². The molecule has 4 rings (SSSR count). The Morgan fingerprint density at radius 3 is 2.85 bits per heavy atom. The zero-order valence-electron chi connectivity index (χ0n) is 17.4. The third kappa shape index (κ3) is 4.56. The Balaban J connectivity index is 1.57. The third-order valence-corrected chi connectivity index (χ3v) is 5.89. The second-order valence-electron chi connectivity index (χ2n) is 7.12. The largest absolute Gasteiger partial charge is 0.493 e. The van der Waals surface area contributed by atoms with Crippen LogP contribution in [0.4, 0.5) is 5.13 Å². The van der Waals surface area contributed by atoms with E-state index in [-0.39, 0.29) is 13.0 Å². The SMILES string of the molecule is COc1cc(C2=NOC(CC(=O)O)(C(=O)Nc3nc4ccccc4s3)C2)ccc1OCC#N. The molecule has 1 aromatic heterocycles. The number of methoxy groups -OCH3 is 1. The summed E-state index contributed by atoms with van der Waals surface area (Å²) in [5, 5.41) is 25.2. The Hall–Kier alpha value is -4.17. The lowest BCUT2D eigenvalue weighted by Crippen LogP contribution is -2.45. The average Bonchev–Trinajstić information content (AvgIpc) is 3.41. The van der Waals surface area contributed by atoms with Gasteiger partial charge in [-0.15, -0.1) is 0 Å². The van der Waals surface area contributed by atoms with Crippen molar-refractivity contribution < 1.29 is 29.0 Å². The van der Waals surface area contributed by atoms with E-state index in [9.17, 15) is 14.7 Å². The molecule has 1 unspecified atom stereocenters. The van der Waals surface area contributed by atoms with Crippen molar-refractivity contribution in [1.29, 1.82) is 5.26 Å². The summed E-state index contributed by atoms with van der Waals surface area (Å²) in [6.07, 6.45) is -0.658. The summed E-state index contributed by atoms with van der Waals surface area (Å²) in [6, 6.07) is 14.2. The van der Waals surface area contributed by atoms with Crippen LogP contribution in [0.5, 0.6) is 11.5 Å². The van der Waals surface area contributed by atoms with Crippen LogP contribution in [0.25, 0.3) is 10.2 Å². The van der Waals surface area contributed by atoms with Gasteiger partial charge in [0.2, 0.25) is 5.60 Å². The fourth-order valence-electron chi connectivity index (χ4n) is 3.39. The number of hydrogen-bond acceptors (Lipinski definition) is 9. The number of nitrogens with one attached hydrogen (secondary N) is 1. The van der Waals surface area contributed by atoms with Crippen LogP contribution in [0, 0.1) is 11.3 Å². The first-order chi connectivity index (χ1) is 15.9. The normalized spacial score (nSPS) is 17.0. The number of carboxylic acids is 1. The van der Waals surface area contributed by atoms with Crippen molar-refractivity contribution in [2.45, 2.75) is 18.4 Å². The highest BCUT2D eigenvalue weighted by Gasteiger charge is 2.49. The number of anilines is 1. The van der Waals surface area contributed by atoms with Crippen molar-refractivity contribution in [3.05, 3.63) is 48.0 Å². The maximum atomic E-state index is 13.1. The number of nitrogens with zero attached hydrogens (tertiary/aromatic N) is 3. The number of carbonyl (C=O) groups excluding carboxylic acids is 1. The summed E-state index contributed by atoms with van der Waals surface area (Å²) in [7, 11) is 1.45. The minimum atomic E-state index is -1.73. The molecule has 0 spiro atoms. The number of rotatable bonds is 8. The zero-order valence-corrected chi connectivity index (χ0v) is 18.2.